The fourth-order valence-electron chi connectivity index (χ4n) is 1.86. The lowest BCUT2D eigenvalue weighted by atomic mass is 10.1. The number of nitrogens with zero attached hydrogens (tertiary/aromatic N) is 1. The Hall–Kier alpha value is -1.60. The Kier molecular flexibility index (Phi) is 7.78. The van der Waals surface area contributed by atoms with Crippen molar-refractivity contribution in [3.8, 4) is 0 Å². The Balaban J connectivity index is 0.00000220. The number of anilines is 1. The molecular weight excluding hydrogens is 377 g/mol. The molecule has 1 atom stereocenters. The number of benzene rings is 2. The van der Waals surface area contributed by atoms with Crippen molar-refractivity contribution in [2.75, 3.05) is 11.9 Å². The average Bonchev–Trinajstić information content (AvgIpc) is 2.47. The third-order valence-corrected chi connectivity index (χ3v) is 2.83. The first-order valence-electron chi connectivity index (χ1n) is 6.58. The molecule has 0 aliphatic heterocycles. The summed E-state index contributed by atoms with van der Waals surface area (Å²) < 4.78 is 0. The molecule has 0 heterocycles. The molecule has 112 valence electrons. The molecule has 2 aromatic rings. The van der Waals surface area contributed by atoms with Crippen molar-refractivity contribution in [2.45, 2.75) is 12.5 Å². The summed E-state index contributed by atoms with van der Waals surface area (Å²) in [6, 6.07) is 19.4. The van der Waals surface area contributed by atoms with E-state index < -0.39 is 6.10 Å². The largest absolute Gasteiger partial charge is 0.391 e. The van der Waals surface area contributed by atoms with Crippen LogP contribution in [0, 0.1) is 0 Å². The van der Waals surface area contributed by atoms with Crippen LogP contribution in [0.3, 0.4) is 0 Å². The van der Waals surface area contributed by atoms with Gasteiger partial charge in [-0.3, -0.25) is 4.99 Å². The second-order valence-corrected chi connectivity index (χ2v) is 4.56. The van der Waals surface area contributed by atoms with Gasteiger partial charge in [-0.1, -0.05) is 48.5 Å². The summed E-state index contributed by atoms with van der Waals surface area (Å²) in [6.07, 6.45) is 0.0386. The quantitative estimate of drug-likeness (QED) is 0.413. The van der Waals surface area contributed by atoms with Gasteiger partial charge in [-0.2, -0.15) is 0 Å². The molecule has 0 amide bonds. The van der Waals surface area contributed by atoms with E-state index in [1.807, 2.05) is 60.7 Å². The fourth-order valence-corrected chi connectivity index (χ4v) is 1.86. The van der Waals surface area contributed by atoms with E-state index in [4.69, 9.17) is 5.73 Å². The van der Waals surface area contributed by atoms with Gasteiger partial charge < -0.3 is 16.2 Å². The zero-order valence-electron chi connectivity index (χ0n) is 11.6. The van der Waals surface area contributed by atoms with Crippen LogP contribution in [0.25, 0.3) is 0 Å². The third kappa shape index (κ3) is 6.59. The molecule has 2 aromatic carbocycles. The summed E-state index contributed by atoms with van der Waals surface area (Å²) in [5.41, 5.74) is 7.74. The number of nitrogens with one attached hydrogen (secondary N) is 1. The van der Waals surface area contributed by atoms with Crippen molar-refractivity contribution < 1.29 is 5.11 Å². The van der Waals surface area contributed by atoms with Gasteiger partial charge in [-0.15, -0.1) is 24.0 Å². The van der Waals surface area contributed by atoms with Gasteiger partial charge in [0.15, 0.2) is 5.96 Å². The van der Waals surface area contributed by atoms with Gasteiger partial charge in [0.2, 0.25) is 0 Å². The molecule has 0 aromatic heterocycles. The summed E-state index contributed by atoms with van der Waals surface area (Å²) >= 11 is 0. The fraction of sp³-hybridized carbons (Fsp3) is 0.188. The van der Waals surface area contributed by atoms with Crippen LogP contribution in [0.5, 0.6) is 0 Å². The molecule has 0 bridgehead atoms. The van der Waals surface area contributed by atoms with Crippen molar-refractivity contribution in [2.24, 2.45) is 10.7 Å². The number of nitrogens with two attached hydrogens (primary N) is 1. The van der Waals surface area contributed by atoms with Gasteiger partial charge in [-0.05, 0) is 17.7 Å². The molecule has 0 spiro atoms. The third-order valence-electron chi connectivity index (χ3n) is 2.83. The summed E-state index contributed by atoms with van der Waals surface area (Å²) in [7, 11) is 0. The standard InChI is InChI=1S/C16H19N3O.HI/c17-16(19-14-9-5-2-6-10-14)18-12-15(20)11-13-7-3-1-4-8-13;/h1-10,15,20H,11-12H2,(H3,17,18,19);1H. The molecule has 4 nitrogen and oxygen atoms in total. The van der Waals surface area contributed by atoms with Gasteiger partial charge in [0, 0.05) is 12.1 Å². The van der Waals surface area contributed by atoms with Crippen LogP contribution in [-0.4, -0.2) is 23.7 Å². The lowest BCUT2D eigenvalue weighted by Gasteiger charge is -2.09. The molecule has 0 aliphatic rings. The maximum Gasteiger partial charge on any atom is 0.193 e. The summed E-state index contributed by atoms with van der Waals surface area (Å²) in [4.78, 5) is 4.15. The normalized spacial score (nSPS) is 12.3. The number of aliphatic hydroxyl groups is 1. The van der Waals surface area contributed by atoms with Crippen molar-refractivity contribution in [3.63, 3.8) is 0 Å². The Morgan fingerprint density at radius 2 is 1.62 bits per heavy atom. The average molecular weight is 397 g/mol. The van der Waals surface area contributed by atoms with Crippen LogP contribution < -0.4 is 11.1 Å². The van der Waals surface area contributed by atoms with Crippen molar-refractivity contribution in [1.29, 1.82) is 0 Å². The summed E-state index contributed by atoms with van der Waals surface area (Å²) in [5, 5.41) is 12.9. The number of aliphatic imine (C=N–C) groups is 1. The Morgan fingerprint density at radius 1 is 1.05 bits per heavy atom. The lowest BCUT2D eigenvalue weighted by molar-refractivity contribution is 0.184. The van der Waals surface area contributed by atoms with Crippen molar-refractivity contribution in [3.05, 3.63) is 66.2 Å². The summed E-state index contributed by atoms with van der Waals surface area (Å²) in [6.45, 7) is 0.278. The number of halogens is 1. The van der Waals surface area contributed by atoms with Gasteiger partial charge in [0.1, 0.15) is 0 Å². The zero-order chi connectivity index (χ0) is 14.2. The molecule has 0 radical (unpaired) electrons. The molecule has 5 heteroatoms. The van der Waals surface area contributed by atoms with E-state index in [1.54, 1.807) is 0 Å². The molecule has 0 fully saturated rings. The Labute approximate surface area is 142 Å². The maximum absolute atomic E-state index is 9.93. The number of rotatable bonds is 5. The number of guanidine groups is 1. The topological polar surface area (TPSA) is 70.6 Å². The van der Waals surface area contributed by atoms with Crippen molar-refractivity contribution >= 4 is 35.6 Å². The van der Waals surface area contributed by atoms with E-state index in [0.717, 1.165) is 11.3 Å². The van der Waals surface area contributed by atoms with E-state index in [-0.39, 0.29) is 30.5 Å². The maximum atomic E-state index is 9.93. The minimum absolute atomic E-state index is 0. The van der Waals surface area contributed by atoms with Gasteiger partial charge in [0.05, 0.1) is 12.6 Å². The number of aliphatic hydroxyl groups excluding tert-OH is 1. The number of para-hydroxylation sites is 1. The minimum Gasteiger partial charge on any atom is -0.391 e. The molecule has 4 N–H and O–H groups in total. The molecule has 1 unspecified atom stereocenters. The highest BCUT2D eigenvalue weighted by Gasteiger charge is 2.04. The highest BCUT2D eigenvalue weighted by Crippen LogP contribution is 2.05. The SMILES string of the molecule is I.NC(=NCC(O)Cc1ccccc1)Nc1ccccc1. The van der Waals surface area contributed by atoms with Crippen LogP contribution in [0.15, 0.2) is 65.7 Å². The molecule has 21 heavy (non-hydrogen) atoms. The Morgan fingerprint density at radius 3 is 2.24 bits per heavy atom. The molecule has 0 aliphatic carbocycles. The Bertz CT molecular complexity index is 546. The van der Waals surface area contributed by atoms with Gasteiger partial charge >= 0.3 is 0 Å². The summed E-state index contributed by atoms with van der Waals surface area (Å²) in [5.74, 6) is 0.309. The van der Waals surface area contributed by atoms with E-state index >= 15 is 0 Å². The van der Waals surface area contributed by atoms with E-state index in [9.17, 15) is 5.11 Å². The molecule has 2 rings (SSSR count). The van der Waals surface area contributed by atoms with E-state index in [2.05, 4.69) is 10.3 Å². The molecule has 0 saturated carbocycles. The van der Waals surface area contributed by atoms with Crippen LogP contribution in [0.2, 0.25) is 0 Å². The van der Waals surface area contributed by atoms with Gasteiger partial charge in [0.25, 0.3) is 0 Å². The van der Waals surface area contributed by atoms with E-state index in [1.165, 1.54) is 0 Å². The monoisotopic (exact) mass is 397 g/mol. The van der Waals surface area contributed by atoms with Crippen LogP contribution in [-0.2, 0) is 6.42 Å². The van der Waals surface area contributed by atoms with Crippen molar-refractivity contribution in [1.82, 2.24) is 0 Å². The zero-order valence-corrected chi connectivity index (χ0v) is 14.0. The molecular formula is C16H20IN3O. The van der Waals surface area contributed by atoms with Crippen LogP contribution in [0.4, 0.5) is 5.69 Å². The predicted octanol–water partition coefficient (Wildman–Crippen LogP) is 2.63. The van der Waals surface area contributed by atoms with E-state index in [0.29, 0.717) is 12.4 Å². The first-order valence-corrected chi connectivity index (χ1v) is 6.58. The second-order valence-electron chi connectivity index (χ2n) is 4.56. The first kappa shape index (κ1) is 17.5. The van der Waals surface area contributed by atoms with Crippen LogP contribution in [0.1, 0.15) is 5.56 Å². The highest BCUT2D eigenvalue weighted by molar-refractivity contribution is 14.0. The smallest absolute Gasteiger partial charge is 0.193 e. The minimum atomic E-state index is -0.534. The first-order chi connectivity index (χ1) is 9.74. The number of hydrogen-bond acceptors (Lipinski definition) is 2. The number of hydrogen-bond donors (Lipinski definition) is 3. The molecule has 0 saturated heterocycles. The highest BCUT2D eigenvalue weighted by atomic mass is 127. The van der Waals surface area contributed by atoms with Crippen LogP contribution >= 0.6 is 24.0 Å². The lowest BCUT2D eigenvalue weighted by Crippen LogP contribution is -2.25. The van der Waals surface area contributed by atoms with Gasteiger partial charge in [-0.25, -0.2) is 0 Å². The predicted molar refractivity (Wildman–Crippen MR) is 98.1 cm³/mol. The second kappa shape index (κ2) is 9.36.